The van der Waals surface area contributed by atoms with E-state index in [1.807, 2.05) is 48.6 Å². The lowest BCUT2D eigenvalue weighted by Gasteiger charge is -2.23. The fraction of sp³-hybridized carbons (Fsp3) is 0.188. The molecular weight excluding hydrogens is 250 g/mol. The quantitative estimate of drug-likeness (QED) is 0.768. The molecule has 0 saturated carbocycles. The van der Waals surface area contributed by atoms with Crippen molar-refractivity contribution in [3.05, 3.63) is 65.4 Å². The van der Waals surface area contributed by atoms with E-state index in [2.05, 4.69) is 5.43 Å². The molecule has 3 rings (SSSR count). The Morgan fingerprint density at radius 2 is 2.10 bits per heavy atom. The van der Waals surface area contributed by atoms with E-state index in [1.54, 1.807) is 11.9 Å². The number of hydrogen-bond acceptors (Lipinski definition) is 3. The highest BCUT2D eigenvalue weighted by molar-refractivity contribution is 5.74. The summed E-state index contributed by atoms with van der Waals surface area (Å²) in [5.74, 6) is -0.000944. The molecule has 0 spiro atoms. The molecule has 1 atom stereocenters. The minimum Gasteiger partial charge on any atom is -0.399 e. The molecule has 1 aromatic rings. The lowest BCUT2D eigenvalue weighted by molar-refractivity contribution is -0.132. The number of amides is 1. The van der Waals surface area contributed by atoms with Gasteiger partial charge in [0.2, 0.25) is 5.91 Å². The van der Waals surface area contributed by atoms with E-state index < -0.39 is 0 Å². The largest absolute Gasteiger partial charge is 0.399 e. The van der Waals surface area contributed by atoms with Gasteiger partial charge in [-0.15, -0.1) is 0 Å². The van der Waals surface area contributed by atoms with Crippen molar-refractivity contribution in [2.45, 2.75) is 19.4 Å². The van der Waals surface area contributed by atoms with Crippen molar-refractivity contribution in [2.24, 2.45) is 0 Å². The average Bonchev–Trinajstić information content (AvgIpc) is 3.08. The van der Waals surface area contributed by atoms with Gasteiger partial charge in [0, 0.05) is 24.7 Å². The summed E-state index contributed by atoms with van der Waals surface area (Å²) in [6.45, 7) is 1.57. The maximum absolute atomic E-state index is 11.8. The van der Waals surface area contributed by atoms with Crippen LogP contribution in [0.5, 0.6) is 0 Å². The van der Waals surface area contributed by atoms with Gasteiger partial charge in [0.15, 0.2) is 0 Å². The molecule has 0 bridgehead atoms. The van der Waals surface area contributed by atoms with Crippen molar-refractivity contribution >= 4 is 11.6 Å². The summed E-state index contributed by atoms with van der Waals surface area (Å²) in [4.78, 5) is 11.8. The van der Waals surface area contributed by atoms with Crippen LogP contribution in [0.3, 0.4) is 0 Å². The Kier molecular flexibility index (Phi) is 3.06. The first kappa shape index (κ1) is 12.5. The van der Waals surface area contributed by atoms with Crippen LogP contribution in [0, 0.1) is 0 Å². The van der Waals surface area contributed by atoms with E-state index >= 15 is 0 Å². The van der Waals surface area contributed by atoms with Gasteiger partial charge in [-0.05, 0) is 23.3 Å². The topological polar surface area (TPSA) is 58.4 Å². The second-order valence-electron chi connectivity index (χ2n) is 5.04. The highest BCUT2D eigenvalue weighted by Crippen LogP contribution is 2.34. The number of hydrazine groups is 1. The molecule has 3 N–H and O–H groups in total. The van der Waals surface area contributed by atoms with Crippen molar-refractivity contribution in [1.82, 2.24) is 10.4 Å². The van der Waals surface area contributed by atoms with Crippen LogP contribution in [0.15, 0.2) is 59.8 Å². The van der Waals surface area contributed by atoms with E-state index in [9.17, 15) is 4.79 Å². The van der Waals surface area contributed by atoms with Gasteiger partial charge in [0.05, 0.1) is 6.04 Å². The number of hydrogen-bond donors (Lipinski definition) is 2. The van der Waals surface area contributed by atoms with Crippen LogP contribution in [-0.2, 0) is 4.79 Å². The van der Waals surface area contributed by atoms with Gasteiger partial charge in [-0.1, -0.05) is 36.4 Å². The molecule has 0 aromatic heterocycles. The van der Waals surface area contributed by atoms with Gasteiger partial charge in [0.25, 0.3) is 0 Å². The molecular formula is C16H17N3O. The summed E-state index contributed by atoms with van der Waals surface area (Å²) >= 11 is 0. The Morgan fingerprint density at radius 1 is 1.35 bits per heavy atom. The Balaban J connectivity index is 1.97. The number of nitrogen functional groups attached to an aromatic ring is 1. The van der Waals surface area contributed by atoms with Crippen molar-refractivity contribution in [2.75, 3.05) is 5.73 Å². The number of nitrogens with zero attached hydrogens (tertiary/aromatic N) is 1. The normalized spacial score (nSPS) is 20.6. The van der Waals surface area contributed by atoms with E-state index in [-0.39, 0.29) is 11.9 Å². The molecule has 1 unspecified atom stereocenters. The Morgan fingerprint density at radius 3 is 2.75 bits per heavy atom. The van der Waals surface area contributed by atoms with Crippen LogP contribution < -0.4 is 11.2 Å². The zero-order valence-corrected chi connectivity index (χ0v) is 11.3. The number of benzene rings is 1. The number of allylic oxidation sites excluding steroid dienone is 5. The summed E-state index contributed by atoms with van der Waals surface area (Å²) in [5.41, 5.74) is 13.0. The molecule has 1 aliphatic heterocycles. The highest BCUT2D eigenvalue weighted by atomic mass is 16.2. The smallest absolute Gasteiger partial charge is 0.238 e. The lowest BCUT2D eigenvalue weighted by atomic mass is 10.0. The second-order valence-corrected chi connectivity index (χ2v) is 5.04. The number of anilines is 1. The predicted molar refractivity (Wildman–Crippen MR) is 79.2 cm³/mol. The molecule has 102 valence electrons. The molecule has 4 heteroatoms. The number of carbonyl (C=O) groups excluding carboxylic acids is 1. The summed E-state index contributed by atoms with van der Waals surface area (Å²) in [6.07, 6.45) is 8.85. The van der Waals surface area contributed by atoms with Gasteiger partial charge in [-0.2, -0.15) is 0 Å². The number of carbonyl (C=O) groups is 1. The van der Waals surface area contributed by atoms with Crippen LogP contribution >= 0.6 is 0 Å². The standard InChI is InChI=1S/C16H17N3O/c1-11(20)19-16(13-7-4-8-14(17)9-13)10-15(18-19)12-5-2-3-6-12/h2-9,16,18H,10,17H2,1H3. The number of rotatable bonds is 1. The third-order valence-electron chi connectivity index (χ3n) is 3.61. The summed E-state index contributed by atoms with van der Waals surface area (Å²) in [6, 6.07) is 7.69. The van der Waals surface area contributed by atoms with Crippen molar-refractivity contribution in [3.8, 4) is 0 Å². The first-order valence-corrected chi connectivity index (χ1v) is 6.65. The van der Waals surface area contributed by atoms with Gasteiger partial charge < -0.3 is 5.73 Å². The zero-order valence-electron chi connectivity index (χ0n) is 11.3. The van der Waals surface area contributed by atoms with Gasteiger partial charge in [-0.25, -0.2) is 5.01 Å². The first-order chi connectivity index (χ1) is 9.65. The fourth-order valence-electron chi connectivity index (χ4n) is 2.64. The summed E-state index contributed by atoms with van der Waals surface area (Å²) in [7, 11) is 0. The monoisotopic (exact) mass is 267 g/mol. The van der Waals surface area contributed by atoms with E-state index in [1.165, 1.54) is 0 Å². The van der Waals surface area contributed by atoms with Crippen LogP contribution in [-0.4, -0.2) is 10.9 Å². The van der Waals surface area contributed by atoms with Gasteiger partial charge >= 0.3 is 0 Å². The average molecular weight is 267 g/mol. The number of nitrogens with two attached hydrogens (primary N) is 1. The Hall–Kier alpha value is -2.49. The van der Waals surface area contributed by atoms with Crippen LogP contribution in [0.2, 0.25) is 0 Å². The maximum Gasteiger partial charge on any atom is 0.238 e. The predicted octanol–water partition coefficient (Wildman–Crippen LogP) is 2.45. The molecule has 1 aliphatic carbocycles. The molecule has 2 aliphatic rings. The minimum atomic E-state index is -0.0131. The Labute approximate surface area is 118 Å². The number of nitrogens with one attached hydrogen (secondary N) is 1. The van der Waals surface area contributed by atoms with Gasteiger partial charge in [-0.3, -0.25) is 10.2 Å². The third kappa shape index (κ3) is 2.20. The van der Waals surface area contributed by atoms with Crippen molar-refractivity contribution in [1.29, 1.82) is 0 Å². The fourth-order valence-corrected chi connectivity index (χ4v) is 2.64. The molecule has 1 fully saturated rings. The maximum atomic E-state index is 11.8. The third-order valence-corrected chi connectivity index (χ3v) is 3.61. The second kappa shape index (κ2) is 4.89. The molecule has 4 nitrogen and oxygen atoms in total. The zero-order chi connectivity index (χ0) is 14.1. The summed E-state index contributed by atoms with van der Waals surface area (Å²) < 4.78 is 0. The van der Waals surface area contributed by atoms with Crippen LogP contribution in [0.1, 0.15) is 24.9 Å². The molecule has 0 radical (unpaired) electrons. The van der Waals surface area contributed by atoms with Crippen molar-refractivity contribution in [3.63, 3.8) is 0 Å². The molecule has 1 aromatic carbocycles. The summed E-state index contributed by atoms with van der Waals surface area (Å²) in [5, 5.41) is 1.68. The molecule has 20 heavy (non-hydrogen) atoms. The van der Waals surface area contributed by atoms with Gasteiger partial charge in [0.1, 0.15) is 0 Å². The van der Waals surface area contributed by atoms with E-state index in [0.717, 1.165) is 23.3 Å². The van der Waals surface area contributed by atoms with Crippen molar-refractivity contribution < 1.29 is 4.79 Å². The minimum absolute atomic E-state index is 0.000944. The van der Waals surface area contributed by atoms with Crippen LogP contribution in [0.25, 0.3) is 0 Å². The van der Waals surface area contributed by atoms with Crippen LogP contribution in [0.4, 0.5) is 5.69 Å². The first-order valence-electron chi connectivity index (χ1n) is 6.65. The molecule has 1 heterocycles. The highest BCUT2D eigenvalue weighted by Gasteiger charge is 2.32. The SMILES string of the molecule is CC(=O)N1NC(=C2C=CC=C2)CC1c1cccc(N)c1. The lowest BCUT2D eigenvalue weighted by Crippen LogP contribution is -2.36. The Bertz CT molecular complexity index is 629. The molecule has 1 saturated heterocycles. The molecule has 1 amide bonds. The van der Waals surface area contributed by atoms with E-state index in [4.69, 9.17) is 5.73 Å². The van der Waals surface area contributed by atoms with E-state index in [0.29, 0.717) is 5.69 Å².